The molecule has 0 aromatic carbocycles. The molecular weight excluding hydrogens is 188 g/mol. The van der Waals surface area contributed by atoms with E-state index in [1.807, 2.05) is 0 Å². The fourth-order valence-electron chi connectivity index (χ4n) is 2.71. The van der Waals surface area contributed by atoms with Crippen molar-refractivity contribution in [1.29, 1.82) is 0 Å². The minimum Gasteiger partial charge on any atom is -0.338 e. The Balaban J connectivity index is 1.96. The molecule has 2 aliphatic rings. The van der Waals surface area contributed by atoms with Gasteiger partial charge in [-0.3, -0.25) is 4.79 Å². The van der Waals surface area contributed by atoms with Crippen LogP contribution in [0.5, 0.6) is 0 Å². The van der Waals surface area contributed by atoms with Crippen LogP contribution in [0.4, 0.5) is 0 Å². The van der Waals surface area contributed by atoms with Crippen LogP contribution in [0.2, 0.25) is 0 Å². The first-order valence-electron chi connectivity index (χ1n) is 5.97. The molecule has 0 aliphatic carbocycles. The average Bonchev–Trinajstić information content (AvgIpc) is 2.57. The number of carbonyl (C=O) groups excluding carboxylic acids is 1. The van der Waals surface area contributed by atoms with E-state index in [2.05, 4.69) is 31.0 Å². The second-order valence-electron chi connectivity index (χ2n) is 6.10. The second kappa shape index (κ2) is 3.78. The van der Waals surface area contributed by atoms with Crippen molar-refractivity contribution in [2.24, 2.45) is 11.3 Å². The summed E-state index contributed by atoms with van der Waals surface area (Å²) < 4.78 is 0. The maximum atomic E-state index is 12.1. The van der Waals surface area contributed by atoms with Gasteiger partial charge in [0.1, 0.15) is 0 Å². The molecule has 86 valence electrons. The monoisotopic (exact) mass is 210 g/mol. The van der Waals surface area contributed by atoms with Crippen molar-refractivity contribution >= 4 is 5.91 Å². The van der Waals surface area contributed by atoms with Crippen LogP contribution in [0.25, 0.3) is 0 Å². The highest BCUT2D eigenvalue weighted by atomic mass is 16.2. The molecule has 3 heteroatoms. The highest BCUT2D eigenvalue weighted by Crippen LogP contribution is 2.29. The molecule has 0 saturated carbocycles. The quantitative estimate of drug-likeness (QED) is 0.706. The number of carbonyl (C=O) groups is 1. The molecule has 0 bridgehead atoms. The van der Waals surface area contributed by atoms with E-state index < -0.39 is 0 Å². The summed E-state index contributed by atoms with van der Waals surface area (Å²) in [5.41, 5.74) is 0.112. The number of amides is 1. The summed E-state index contributed by atoms with van der Waals surface area (Å²) in [4.78, 5) is 14.2. The first kappa shape index (κ1) is 10.9. The lowest BCUT2D eigenvalue weighted by Gasteiger charge is -2.27. The van der Waals surface area contributed by atoms with Crippen LogP contribution in [0.15, 0.2) is 0 Å². The molecule has 2 fully saturated rings. The van der Waals surface area contributed by atoms with Gasteiger partial charge in [-0.1, -0.05) is 20.8 Å². The molecule has 2 heterocycles. The number of rotatable bonds is 1. The Labute approximate surface area is 92.2 Å². The summed E-state index contributed by atoms with van der Waals surface area (Å²) in [5.74, 6) is 1.06. The fourth-order valence-corrected chi connectivity index (χ4v) is 2.71. The van der Waals surface area contributed by atoms with Gasteiger partial charge in [-0.2, -0.15) is 0 Å². The van der Waals surface area contributed by atoms with Crippen LogP contribution in [-0.2, 0) is 4.79 Å². The zero-order valence-electron chi connectivity index (χ0n) is 10.0. The largest absolute Gasteiger partial charge is 0.338 e. The zero-order valence-corrected chi connectivity index (χ0v) is 10.0. The van der Waals surface area contributed by atoms with Gasteiger partial charge >= 0.3 is 0 Å². The summed E-state index contributed by atoms with van der Waals surface area (Å²) in [6, 6.07) is 0.486. The van der Waals surface area contributed by atoms with Crippen molar-refractivity contribution in [3.63, 3.8) is 0 Å². The first-order chi connectivity index (χ1) is 6.97. The van der Waals surface area contributed by atoms with Crippen LogP contribution in [0, 0.1) is 11.3 Å². The van der Waals surface area contributed by atoms with Crippen molar-refractivity contribution in [2.45, 2.75) is 39.7 Å². The van der Waals surface area contributed by atoms with Gasteiger partial charge in [-0.05, 0) is 17.8 Å². The standard InChI is InChI=1S/C12H22N2O/c1-12(2,3)6-11(15)14-5-4-9-7-13-8-10(9)14/h9-10,13H,4-8H2,1-3H3. The number of nitrogens with one attached hydrogen (secondary N) is 1. The minimum atomic E-state index is 0.112. The van der Waals surface area contributed by atoms with Crippen molar-refractivity contribution in [3.05, 3.63) is 0 Å². The van der Waals surface area contributed by atoms with E-state index in [9.17, 15) is 4.79 Å². The molecule has 2 atom stereocenters. The lowest BCUT2D eigenvalue weighted by Crippen LogP contribution is -2.40. The highest BCUT2D eigenvalue weighted by Gasteiger charge is 2.40. The lowest BCUT2D eigenvalue weighted by molar-refractivity contribution is -0.133. The SMILES string of the molecule is CC(C)(C)CC(=O)N1CCC2CNCC21. The molecule has 2 rings (SSSR count). The molecule has 15 heavy (non-hydrogen) atoms. The number of likely N-dealkylation sites (tertiary alicyclic amines) is 1. The molecule has 0 radical (unpaired) electrons. The van der Waals surface area contributed by atoms with E-state index in [1.54, 1.807) is 0 Å². The van der Waals surface area contributed by atoms with Gasteiger partial charge in [-0.15, -0.1) is 0 Å². The molecule has 0 aromatic heterocycles. The summed E-state index contributed by atoms with van der Waals surface area (Å²) >= 11 is 0. The van der Waals surface area contributed by atoms with Gasteiger partial charge in [0.2, 0.25) is 5.91 Å². The van der Waals surface area contributed by atoms with Crippen LogP contribution in [0.3, 0.4) is 0 Å². The van der Waals surface area contributed by atoms with E-state index >= 15 is 0 Å². The topological polar surface area (TPSA) is 32.3 Å². The van der Waals surface area contributed by atoms with Gasteiger partial charge in [0.15, 0.2) is 0 Å². The van der Waals surface area contributed by atoms with Crippen LogP contribution in [0.1, 0.15) is 33.6 Å². The summed E-state index contributed by atoms with van der Waals surface area (Å²) in [6.45, 7) is 9.47. The van der Waals surface area contributed by atoms with Crippen molar-refractivity contribution in [1.82, 2.24) is 10.2 Å². The fraction of sp³-hybridized carbons (Fsp3) is 0.917. The molecule has 1 amide bonds. The van der Waals surface area contributed by atoms with Gasteiger partial charge in [0, 0.05) is 32.1 Å². The Kier molecular flexibility index (Phi) is 2.75. The number of hydrogen-bond acceptors (Lipinski definition) is 2. The third kappa shape index (κ3) is 2.33. The molecule has 2 saturated heterocycles. The highest BCUT2D eigenvalue weighted by molar-refractivity contribution is 5.77. The molecular formula is C12H22N2O. The van der Waals surface area contributed by atoms with Crippen LogP contribution < -0.4 is 5.32 Å². The van der Waals surface area contributed by atoms with Gasteiger partial charge in [0.05, 0.1) is 0 Å². The molecule has 3 nitrogen and oxygen atoms in total. The smallest absolute Gasteiger partial charge is 0.223 e. The van der Waals surface area contributed by atoms with Crippen LogP contribution in [-0.4, -0.2) is 36.5 Å². The Morgan fingerprint density at radius 2 is 2.13 bits per heavy atom. The molecule has 2 unspecified atom stereocenters. The van der Waals surface area contributed by atoms with E-state index in [4.69, 9.17) is 0 Å². The van der Waals surface area contributed by atoms with Crippen molar-refractivity contribution in [3.8, 4) is 0 Å². The Bertz CT molecular complexity index is 257. The predicted molar refractivity (Wildman–Crippen MR) is 60.5 cm³/mol. The second-order valence-corrected chi connectivity index (χ2v) is 6.10. The maximum absolute atomic E-state index is 12.1. The third-order valence-corrected chi connectivity index (χ3v) is 3.45. The average molecular weight is 210 g/mol. The summed E-state index contributed by atoms with van der Waals surface area (Å²) in [7, 11) is 0. The first-order valence-corrected chi connectivity index (χ1v) is 5.97. The van der Waals surface area contributed by atoms with E-state index in [1.165, 1.54) is 6.42 Å². The summed E-state index contributed by atoms with van der Waals surface area (Å²) in [6.07, 6.45) is 1.86. The van der Waals surface area contributed by atoms with Gasteiger partial charge < -0.3 is 10.2 Å². The van der Waals surface area contributed by atoms with E-state index in [-0.39, 0.29) is 5.41 Å². The van der Waals surface area contributed by atoms with Crippen molar-refractivity contribution < 1.29 is 4.79 Å². The molecule has 0 spiro atoms. The molecule has 0 aromatic rings. The molecule has 1 N–H and O–H groups in total. The molecule has 2 aliphatic heterocycles. The maximum Gasteiger partial charge on any atom is 0.223 e. The van der Waals surface area contributed by atoms with E-state index in [0.717, 1.165) is 19.6 Å². The van der Waals surface area contributed by atoms with Gasteiger partial charge in [0.25, 0.3) is 0 Å². The Hall–Kier alpha value is -0.570. The predicted octanol–water partition coefficient (Wildman–Crippen LogP) is 1.24. The number of fused-ring (bicyclic) bond motifs is 1. The van der Waals surface area contributed by atoms with E-state index in [0.29, 0.717) is 24.3 Å². The van der Waals surface area contributed by atoms with Gasteiger partial charge in [-0.25, -0.2) is 0 Å². The van der Waals surface area contributed by atoms with Crippen LogP contribution >= 0.6 is 0 Å². The number of hydrogen-bond donors (Lipinski definition) is 1. The summed E-state index contributed by atoms with van der Waals surface area (Å²) in [5, 5.41) is 3.38. The minimum absolute atomic E-state index is 0.112. The normalized spacial score (nSPS) is 30.7. The number of nitrogens with zero attached hydrogens (tertiary/aromatic N) is 1. The Morgan fingerprint density at radius 1 is 1.40 bits per heavy atom. The lowest BCUT2D eigenvalue weighted by atomic mass is 9.91. The Morgan fingerprint density at radius 3 is 2.80 bits per heavy atom. The third-order valence-electron chi connectivity index (χ3n) is 3.45. The van der Waals surface area contributed by atoms with Crippen molar-refractivity contribution in [2.75, 3.05) is 19.6 Å². The zero-order chi connectivity index (χ0) is 11.1.